The number of carbonyl (C=O) groups is 1. The summed E-state index contributed by atoms with van der Waals surface area (Å²) < 4.78 is 11.9. The van der Waals surface area contributed by atoms with E-state index in [1.54, 1.807) is 17.6 Å². The summed E-state index contributed by atoms with van der Waals surface area (Å²) in [6.07, 6.45) is 11.5. The maximum atomic E-state index is 11.5. The summed E-state index contributed by atoms with van der Waals surface area (Å²) in [6, 6.07) is 16.6. The molecule has 1 amide bonds. The monoisotopic (exact) mass is 512 g/mol. The van der Waals surface area contributed by atoms with Gasteiger partial charge in [0.05, 0.1) is 5.02 Å². The zero-order chi connectivity index (χ0) is 25.0. The molecule has 0 bridgehead atoms. The molecule has 1 saturated carbocycles. The number of fused-ring (bicyclic) bond motifs is 1. The number of hydrogen-bond acceptors (Lipinski definition) is 5. The molecule has 1 aliphatic heterocycles. The molecule has 1 aliphatic carbocycles. The first-order valence-electron chi connectivity index (χ1n) is 11.8. The van der Waals surface area contributed by atoms with E-state index < -0.39 is 0 Å². The standard InChI is InChI=1S/C18H21NO3.C9H7ClS.CH5N/c20-14-19(17-7-2-1-3-8-17)12-15-5-4-6-16(11-15)18-13-21-9-10-22-18;1-6-9(10)7-4-2-3-5-8(7)11-6;1-2/h4-6,9-11,13-14,17H,1-3,7-8,12H2;2-5H,1H3;2H2,1H3. The van der Waals surface area contributed by atoms with Crippen molar-refractivity contribution in [3.63, 3.8) is 0 Å². The molecule has 35 heavy (non-hydrogen) atoms. The number of ether oxygens (including phenoxy) is 2. The van der Waals surface area contributed by atoms with Crippen LogP contribution in [0.2, 0.25) is 5.02 Å². The van der Waals surface area contributed by atoms with Crippen molar-refractivity contribution >= 4 is 45.2 Å². The van der Waals surface area contributed by atoms with Crippen LogP contribution in [0.25, 0.3) is 15.8 Å². The Morgan fingerprint density at radius 1 is 1.09 bits per heavy atom. The zero-order valence-corrected chi connectivity index (χ0v) is 21.9. The van der Waals surface area contributed by atoms with Crippen LogP contribution < -0.4 is 5.73 Å². The second-order valence-electron chi connectivity index (χ2n) is 8.25. The highest BCUT2D eigenvalue weighted by Gasteiger charge is 2.20. The van der Waals surface area contributed by atoms with Gasteiger partial charge in [0.15, 0.2) is 5.76 Å². The Hall–Kier alpha value is -2.80. The van der Waals surface area contributed by atoms with Crippen LogP contribution in [0.5, 0.6) is 0 Å². The molecule has 3 aromatic rings. The van der Waals surface area contributed by atoms with Crippen molar-refractivity contribution in [3.05, 3.63) is 88.3 Å². The lowest BCUT2D eigenvalue weighted by Gasteiger charge is -2.31. The number of carbonyl (C=O) groups excluding carboxylic acids is 1. The van der Waals surface area contributed by atoms with Crippen molar-refractivity contribution in [1.82, 2.24) is 4.90 Å². The molecule has 2 N–H and O–H groups in total. The van der Waals surface area contributed by atoms with Crippen LogP contribution in [0, 0.1) is 6.92 Å². The molecule has 2 aliphatic rings. The summed E-state index contributed by atoms with van der Waals surface area (Å²) in [5, 5.41) is 2.09. The van der Waals surface area contributed by atoms with E-state index in [9.17, 15) is 4.79 Å². The fourth-order valence-corrected chi connectivity index (χ4v) is 5.53. The number of hydrogen-bond donors (Lipinski definition) is 1. The normalized spacial score (nSPS) is 14.9. The van der Waals surface area contributed by atoms with Gasteiger partial charge in [-0.05, 0) is 44.5 Å². The Morgan fingerprint density at radius 3 is 2.54 bits per heavy atom. The zero-order valence-electron chi connectivity index (χ0n) is 20.3. The molecule has 0 unspecified atom stereocenters. The Kier molecular flexibility index (Phi) is 10.7. The lowest BCUT2D eigenvalue weighted by atomic mass is 9.94. The average molecular weight is 513 g/mol. The first kappa shape index (κ1) is 26.8. The number of aryl methyl sites for hydroxylation is 1. The van der Waals surface area contributed by atoms with E-state index in [2.05, 4.69) is 17.9 Å². The Morgan fingerprint density at radius 2 is 1.86 bits per heavy atom. The van der Waals surface area contributed by atoms with E-state index >= 15 is 0 Å². The van der Waals surface area contributed by atoms with Gasteiger partial charge in [0.2, 0.25) is 6.41 Å². The van der Waals surface area contributed by atoms with Gasteiger partial charge in [-0.15, -0.1) is 11.3 Å². The van der Waals surface area contributed by atoms with Crippen LogP contribution in [0.1, 0.15) is 48.1 Å². The molecule has 5 nitrogen and oxygen atoms in total. The Balaban J connectivity index is 0.000000220. The highest BCUT2D eigenvalue weighted by molar-refractivity contribution is 7.19. The van der Waals surface area contributed by atoms with Gasteiger partial charge in [-0.2, -0.15) is 0 Å². The third kappa shape index (κ3) is 7.34. The Labute approximate surface area is 216 Å². The molecule has 2 heterocycles. The van der Waals surface area contributed by atoms with Crippen LogP contribution in [0.15, 0.2) is 67.3 Å². The van der Waals surface area contributed by atoms with E-state index in [0.29, 0.717) is 18.3 Å². The molecular formula is C28H33ClN2O3S. The van der Waals surface area contributed by atoms with Gasteiger partial charge in [-0.1, -0.05) is 67.3 Å². The van der Waals surface area contributed by atoms with Crippen molar-refractivity contribution in [2.75, 3.05) is 7.05 Å². The van der Waals surface area contributed by atoms with E-state index in [4.69, 9.17) is 21.1 Å². The maximum Gasteiger partial charge on any atom is 0.210 e. The van der Waals surface area contributed by atoms with Crippen molar-refractivity contribution in [3.8, 4) is 0 Å². The van der Waals surface area contributed by atoms with Gasteiger partial charge in [0, 0.05) is 33.1 Å². The molecule has 2 aromatic carbocycles. The lowest BCUT2D eigenvalue weighted by molar-refractivity contribution is -0.121. The molecule has 5 rings (SSSR count). The highest BCUT2D eigenvalue weighted by Crippen LogP contribution is 2.34. The topological polar surface area (TPSA) is 64.8 Å². The summed E-state index contributed by atoms with van der Waals surface area (Å²) >= 11 is 7.80. The predicted molar refractivity (Wildman–Crippen MR) is 146 cm³/mol. The lowest BCUT2D eigenvalue weighted by Crippen LogP contribution is -2.35. The quantitative estimate of drug-likeness (QED) is 0.366. The Bertz CT molecular complexity index is 1150. The fourth-order valence-electron chi connectivity index (χ4n) is 4.23. The van der Waals surface area contributed by atoms with Gasteiger partial charge in [0.1, 0.15) is 18.8 Å². The number of rotatable bonds is 5. The minimum Gasteiger partial charge on any atom is -0.465 e. The molecular weight excluding hydrogens is 480 g/mol. The molecule has 7 heteroatoms. The molecule has 1 fully saturated rings. The summed E-state index contributed by atoms with van der Waals surface area (Å²) in [7, 11) is 1.50. The van der Waals surface area contributed by atoms with E-state index in [1.165, 1.54) is 53.8 Å². The summed E-state index contributed by atoms with van der Waals surface area (Å²) in [5.41, 5.74) is 6.56. The summed E-state index contributed by atoms with van der Waals surface area (Å²) in [4.78, 5) is 14.6. The number of nitrogens with two attached hydrogens (primary N) is 1. The van der Waals surface area contributed by atoms with E-state index in [1.807, 2.05) is 48.2 Å². The first-order valence-corrected chi connectivity index (χ1v) is 13.0. The van der Waals surface area contributed by atoms with Gasteiger partial charge in [-0.25, -0.2) is 0 Å². The molecule has 0 radical (unpaired) electrons. The number of halogens is 1. The van der Waals surface area contributed by atoms with Crippen LogP contribution >= 0.6 is 22.9 Å². The summed E-state index contributed by atoms with van der Waals surface area (Å²) in [6.45, 7) is 2.69. The molecule has 0 atom stereocenters. The summed E-state index contributed by atoms with van der Waals surface area (Å²) in [5.74, 6) is 0.680. The van der Waals surface area contributed by atoms with Crippen molar-refractivity contribution in [2.45, 2.75) is 51.6 Å². The van der Waals surface area contributed by atoms with Crippen molar-refractivity contribution in [1.29, 1.82) is 0 Å². The average Bonchev–Trinajstić information content (AvgIpc) is 3.23. The minimum absolute atomic E-state index is 0.381. The van der Waals surface area contributed by atoms with Crippen LogP contribution in [0.4, 0.5) is 0 Å². The fraction of sp³-hybridized carbons (Fsp3) is 0.321. The minimum atomic E-state index is 0.381. The second kappa shape index (κ2) is 13.9. The predicted octanol–water partition coefficient (Wildman–Crippen LogP) is 7.23. The van der Waals surface area contributed by atoms with Gasteiger partial charge < -0.3 is 20.1 Å². The smallest absolute Gasteiger partial charge is 0.210 e. The second-order valence-corrected chi connectivity index (χ2v) is 9.88. The number of amides is 1. The van der Waals surface area contributed by atoms with E-state index in [-0.39, 0.29) is 0 Å². The SMILES string of the molecule is CN.Cc1sc2ccccc2c1Cl.O=CN(Cc1cccc(C2=COC=CO2)c1)C1CCCCC1. The first-order chi connectivity index (χ1) is 17.2. The van der Waals surface area contributed by atoms with Gasteiger partial charge in [0.25, 0.3) is 0 Å². The maximum absolute atomic E-state index is 11.5. The third-order valence-electron chi connectivity index (χ3n) is 5.96. The number of thiophene rings is 1. The van der Waals surface area contributed by atoms with Crippen LogP contribution in [0.3, 0.4) is 0 Å². The van der Waals surface area contributed by atoms with Crippen molar-refractivity contribution < 1.29 is 14.3 Å². The highest BCUT2D eigenvalue weighted by atomic mass is 35.5. The van der Waals surface area contributed by atoms with Gasteiger partial charge >= 0.3 is 0 Å². The third-order valence-corrected chi connectivity index (χ3v) is 7.64. The molecule has 0 spiro atoms. The van der Waals surface area contributed by atoms with Gasteiger partial charge in [-0.3, -0.25) is 4.79 Å². The number of nitrogens with zero attached hydrogens (tertiary/aromatic N) is 1. The molecule has 0 saturated heterocycles. The largest absolute Gasteiger partial charge is 0.465 e. The molecule has 1 aromatic heterocycles. The van der Waals surface area contributed by atoms with Crippen molar-refractivity contribution in [2.24, 2.45) is 5.73 Å². The molecule has 186 valence electrons. The van der Waals surface area contributed by atoms with Crippen LogP contribution in [-0.4, -0.2) is 24.4 Å². The number of benzene rings is 2. The van der Waals surface area contributed by atoms with E-state index in [0.717, 1.165) is 35.4 Å². The van der Waals surface area contributed by atoms with Crippen LogP contribution in [-0.2, 0) is 20.8 Å².